The highest BCUT2D eigenvalue weighted by Crippen LogP contribution is 2.14. The molecule has 0 saturated carbocycles. The second kappa shape index (κ2) is 5.57. The van der Waals surface area contributed by atoms with Crippen molar-refractivity contribution in [2.24, 2.45) is 0 Å². The van der Waals surface area contributed by atoms with Crippen molar-refractivity contribution in [1.82, 2.24) is 14.9 Å². The number of amides is 1. The Kier molecular flexibility index (Phi) is 3.46. The van der Waals surface area contributed by atoms with Gasteiger partial charge in [0.25, 0.3) is 0 Å². The molecule has 0 spiro atoms. The van der Waals surface area contributed by atoms with Crippen LogP contribution >= 0.6 is 0 Å². The van der Waals surface area contributed by atoms with Crippen molar-refractivity contribution in [3.8, 4) is 0 Å². The van der Waals surface area contributed by atoms with Gasteiger partial charge in [0.2, 0.25) is 5.91 Å². The Morgan fingerprint density at radius 3 is 2.75 bits per heavy atom. The summed E-state index contributed by atoms with van der Waals surface area (Å²) in [5.74, 6) is 0.00293. The highest BCUT2D eigenvalue weighted by Gasteiger charge is 2.05. The number of hydrogen-bond acceptors (Lipinski definition) is 2. The van der Waals surface area contributed by atoms with Crippen LogP contribution < -0.4 is 5.32 Å². The summed E-state index contributed by atoms with van der Waals surface area (Å²) in [6.07, 6.45) is 5.39. The Morgan fingerprint density at radius 2 is 1.90 bits per heavy atom. The van der Waals surface area contributed by atoms with Crippen LogP contribution in [0.15, 0.2) is 61.1 Å². The number of carbonyl (C=O) groups excluding carboxylic acids is 1. The van der Waals surface area contributed by atoms with E-state index in [-0.39, 0.29) is 5.91 Å². The zero-order chi connectivity index (χ0) is 13.8. The van der Waals surface area contributed by atoms with Crippen molar-refractivity contribution in [3.05, 3.63) is 66.6 Å². The second-order valence-electron chi connectivity index (χ2n) is 4.63. The molecule has 0 radical (unpaired) electrons. The first-order chi connectivity index (χ1) is 9.83. The topological polar surface area (TPSA) is 46.9 Å². The second-order valence-corrected chi connectivity index (χ2v) is 4.63. The van der Waals surface area contributed by atoms with Gasteiger partial charge in [0.1, 0.15) is 6.54 Å². The lowest BCUT2D eigenvalue weighted by atomic mass is 10.2. The molecule has 4 nitrogen and oxygen atoms in total. The van der Waals surface area contributed by atoms with E-state index in [2.05, 4.69) is 10.3 Å². The molecule has 2 aromatic heterocycles. The molecule has 2 heterocycles. The van der Waals surface area contributed by atoms with E-state index in [1.54, 1.807) is 12.4 Å². The largest absolute Gasteiger partial charge is 0.350 e. The Hall–Kier alpha value is -2.62. The standard InChI is InChI=1S/C16H15N3O/c20-16(18-11-13-5-8-17-9-6-13)12-19-10-7-14-3-1-2-4-15(14)19/h1-10H,11-12H2,(H,18,20). The van der Waals surface area contributed by atoms with E-state index < -0.39 is 0 Å². The Morgan fingerprint density at radius 1 is 1.10 bits per heavy atom. The summed E-state index contributed by atoms with van der Waals surface area (Å²) in [5.41, 5.74) is 2.12. The van der Waals surface area contributed by atoms with Gasteiger partial charge in [-0.2, -0.15) is 0 Å². The molecule has 3 aromatic rings. The van der Waals surface area contributed by atoms with E-state index in [4.69, 9.17) is 0 Å². The molecule has 0 aliphatic heterocycles. The molecule has 0 aliphatic rings. The summed E-state index contributed by atoms with van der Waals surface area (Å²) in [5, 5.41) is 4.06. The average Bonchev–Trinajstić information content (AvgIpc) is 2.90. The van der Waals surface area contributed by atoms with Crippen LogP contribution in [0, 0.1) is 0 Å². The number of carbonyl (C=O) groups is 1. The van der Waals surface area contributed by atoms with Gasteiger partial charge in [-0.3, -0.25) is 9.78 Å². The Bertz CT molecular complexity index is 719. The van der Waals surface area contributed by atoms with Crippen LogP contribution in [0.25, 0.3) is 10.9 Å². The summed E-state index contributed by atoms with van der Waals surface area (Å²) in [7, 11) is 0. The predicted molar refractivity (Wildman–Crippen MR) is 78.0 cm³/mol. The molecule has 1 N–H and O–H groups in total. The zero-order valence-electron chi connectivity index (χ0n) is 11.0. The van der Waals surface area contributed by atoms with Gasteiger partial charge < -0.3 is 9.88 Å². The van der Waals surface area contributed by atoms with Crippen molar-refractivity contribution >= 4 is 16.8 Å². The van der Waals surface area contributed by atoms with Gasteiger partial charge in [0, 0.05) is 30.7 Å². The maximum Gasteiger partial charge on any atom is 0.240 e. The number of fused-ring (bicyclic) bond motifs is 1. The molecular formula is C16H15N3O. The van der Waals surface area contributed by atoms with Crippen LogP contribution in [0.1, 0.15) is 5.56 Å². The summed E-state index contributed by atoms with van der Waals surface area (Å²) >= 11 is 0. The Labute approximate surface area is 117 Å². The number of para-hydroxylation sites is 1. The fourth-order valence-electron chi connectivity index (χ4n) is 2.19. The van der Waals surface area contributed by atoms with Gasteiger partial charge in [0.15, 0.2) is 0 Å². The first-order valence-corrected chi connectivity index (χ1v) is 6.52. The van der Waals surface area contributed by atoms with E-state index in [9.17, 15) is 4.79 Å². The summed E-state index contributed by atoms with van der Waals surface area (Å²) in [4.78, 5) is 15.9. The quantitative estimate of drug-likeness (QED) is 0.787. The van der Waals surface area contributed by atoms with Gasteiger partial charge in [0.05, 0.1) is 0 Å². The number of pyridine rings is 1. The van der Waals surface area contributed by atoms with E-state index in [1.165, 1.54) is 0 Å². The number of hydrogen-bond donors (Lipinski definition) is 1. The zero-order valence-corrected chi connectivity index (χ0v) is 11.0. The fourth-order valence-corrected chi connectivity index (χ4v) is 2.19. The first kappa shape index (κ1) is 12.4. The number of nitrogens with zero attached hydrogens (tertiary/aromatic N) is 2. The van der Waals surface area contributed by atoms with Crippen LogP contribution in [0.4, 0.5) is 0 Å². The van der Waals surface area contributed by atoms with Crippen molar-refractivity contribution in [2.45, 2.75) is 13.1 Å². The fraction of sp³-hybridized carbons (Fsp3) is 0.125. The first-order valence-electron chi connectivity index (χ1n) is 6.52. The molecule has 100 valence electrons. The van der Waals surface area contributed by atoms with Crippen LogP contribution in [-0.2, 0) is 17.9 Å². The minimum Gasteiger partial charge on any atom is -0.350 e. The molecule has 4 heteroatoms. The van der Waals surface area contributed by atoms with Gasteiger partial charge in [-0.05, 0) is 35.2 Å². The number of rotatable bonds is 4. The highest BCUT2D eigenvalue weighted by molar-refractivity contribution is 5.83. The van der Waals surface area contributed by atoms with Crippen LogP contribution in [0.3, 0.4) is 0 Å². The molecule has 20 heavy (non-hydrogen) atoms. The lowest BCUT2D eigenvalue weighted by Crippen LogP contribution is -2.26. The minimum atomic E-state index is 0.00293. The predicted octanol–water partition coefficient (Wildman–Crippen LogP) is 2.35. The summed E-state index contributed by atoms with van der Waals surface area (Å²) in [6, 6.07) is 13.8. The molecular weight excluding hydrogens is 250 g/mol. The van der Waals surface area contributed by atoms with Gasteiger partial charge in [-0.25, -0.2) is 0 Å². The third-order valence-corrected chi connectivity index (χ3v) is 3.23. The smallest absolute Gasteiger partial charge is 0.240 e. The number of nitrogens with one attached hydrogen (secondary N) is 1. The third-order valence-electron chi connectivity index (χ3n) is 3.23. The molecule has 0 atom stereocenters. The van der Waals surface area contributed by atoms with Gasteiger partial charge in [-0.1, -0.05) is 18.2 Å². The van der Waals surface area contributed by atoms with Crippen molar-refractivity contribution in [3.63, 3.8) is 0 Å². The molecule has 0 fully saturated rings. The number of aromatic nitrogens is 2. The molecule has 0 aliphatic carbocycles. The van der Waals surface area contributed by atoms with Gasteiger partial charge in [-0.15, -0.1) is 0 Å². The number of benzene rings is 1. The van der Waals surface area contributed by atoms with E-state index in [1.807, 2.05) is 53.2 Å². The summed E-state index contributed by atoms with van der Waals surface area (Å²) < 4.78 is 1.96. The minimum absolute atomic E-state index is 0.00293. The maximum absolute atomic E-state index is 12.0. The van der Waals surface area contributed by atoms with Gasteiger partial charge >= 0.3 is 0 Å². The van der Waals surface area contributed by atoms with Crippen LogP contribution in [0.5, 0.6) is 0 Å². The molecule has 1 amide bonds. The molecule has 3 rings (SSSR count). The van der Waals surface area contributed by atoms with Crippen LogP contribution in [0.2, 0.25) is 0 Å². The third kappa shape index (κ3) is 2.69. The van der Waals surface area contributed by atoms with Crippen molar-refractivity contribution in [2.75, 3.05) is 0 Å². The molecule has 0 bridgehead atoms. The lowest BCUT2D eigenvalue weighted by molar-refractivity contribution is -0.121. The normalized spacial score (nSPS) is 10.6. The lowest BCUT2D eigenvalue weighted by Gasteiger charge is -2.07. The molecule has 1 aromatic carbocycles. The van der Waals surface area contributed by atoms with E-state index in [0.29, 0.717) is 13.1 Å². The monoisotopic (exact) mass is 265 g/mol. The average molecular weight is 265 g/mol. The van der Waals surface area contributed by atoms with Crippen molar-refractivity contribution < 1.29 is 4.79 Å². The summed E-state index contributed by atoms with van der Waals surface area (Å²) in [6.45, 7) is 0.860. The SMILES string of the molecule is O=C(Cn1ccc2ccccc21)NCc1ccncc1. The molecule has 0 saturated heterocycles. The molecule has 0 unspecified atom stereocenters. The Balaban J connectivity index is 1.64. The van der Waals surface area contributed by atoms with E-state index in [0.717, 1.165) is 16.5 Å². The highest BCUT2D eigenvalue weighted by atomic mass is 16.1. The van der Waals surface area contributed by atoms with E-state index >= 15 is 0 Å². The maximum atomic E-state index is 12.0. The van der Waals surface area contributed by atoms with Crippen LogP contribution in [-0.4, -0.2) is 15.5 Å². The van der Waals surface area contributed by atoms with Crippen molar-refractivity contribution in [1.29, 1.82) is 0 Å².